The van der Waals surface area contributed by atoms with E-state index in [1.165, 1.54) is 17.7 Å². The van der Waals surface area contributed by atoms with Gasteiger partial charge in [-0.1, -0.05) is 44.2 Å². The average molecular weight is 310 g/mol. The van der Waals surface area contributed by atoms with Crippen LogP contribution >= 0.6 is 0 Å². The van der Waals surface area contributed by atoms with E-state index in [-0.39, 0.29) is 16.8 Å². The minimum Gasteiger partial charge on any atom is -0.354 e. The first-order valence-electron chi connectivity index (χ1n) is 7.92. The van der Waals surface area contributed by atoms with Crippen molar-refractivity contribution in [3.8, 4) is 0 Å². The van der Waals surface area contributed by atoms with E-state index in [1.54, 1.807) is 6.92 Å². The predicted octanol–water partition coefficient (Wildman–Crippen LogP) is 2.95. The molecule has 1 aliphatic rings. The zero-order valence-electron chi connectivity index (χ0n) is 13.8. The maximum absolute atomic E-state index is 12.8. The van der Waals surface area contributed by atoms with Gasteiger partial charge in [-0.3, -0.25) is 9.59 Å². The number of rotatable bonds is 2. The topological polar surface area (TPSA) is 53.2 Å². The summed E-state index contributed by atoms with van der Waals surface area (Å²) < 4.78 is 0. The van der Waals surface area contributed by atoms with Crippen LogP contribution in [0.25, 0.3) is 0 Å². The number of pyridine rings is 1. The summed E-state index contributed by atoms with van der Waals surface area (Å²) in [6.07, 6.45) is 0. The molecule has 2 heterocycles. The number of likely N-dealkylation sites (tertiary alicyclic amines) is 1. The van der Waals surface area contributed by atoms with Crippen molar-refractivity contribution < 1.29 is 4.79 Å². The number of benzene rings is 1. The largest absolute Gasteiger partial charge is 0.354 e. The number of carbonyl (C=O) groups is 1. The lowest BCUT2D eigenvalue weighted by Crippen LogP contribution is -2.31. The van der Waals surface area contributed by atoms with Crippen LogP contribution in [-0.4, -0.2) is 28.9 Å². The van der Waals surface area contributed by atoms with Crippen LogP contribution in [0.2, 0.25) is 0 Å². The number of nitrogens with zero attached hydrogens (tertiary/aromatic N) is 1. The number of aromatic nitrogens is 1. The third-order valence-corrected chi connectivity index (χ3v) is 4.64. The van der Waals surface area contributed by atoms with E-state index in [4.69, 9.17) is 0 Å². The molecule has 120 valence electrons. The summed E-state index contributed by atoms with van der Waals surface area (Å²) in [5.74, 6) is 0.196. The molecule has 1 N–H and O–H groups in total. The Bertz CT molecular complexity index is 777. The Morgan fingerprint density at radius 2 is 1.91 bits per heavy atom. The van der Waals surface area contributed by atoms with Crippen LogP contribution in [-0.2, 0) is 0 Å². The van der Waals surface area contributed by atoms with Gasteiger partial charge in [0, 0.05) is 36.8 Å². The summed E-state index contributed by atoms with van der Waals surface area (Å²) in [7, 11) is 0. The zero-order chi connectivity index (χ0) is 16.6. The molecule has 4 nitrogen and oxygen atoms in total. The summed E-state index contributed by atoms with van der Waals surface area (Å²) in [6, 6.07) is 13.2. The second-order valence-corrected chi connectivity index (χ2v) is 7.05. The van der Waals surface area contributed by atoms with Gasteiger partial charge in [0.2, 0.25) is 0 Å². The predicted molar refractivity (Wildman–Crippen MR) is 90.7 cm³/mol. The van der Waals surface area contributed by atoms with Gasteiger partial charge in [-0.25, -0.2) is 0 Å². The Kier molecular flexibility index (Phi) is 3.84. The number of hydrogen-bond acceptors (Lipinski definition) is 2. The van der Waals surface area contributed by atoms with Crippen molar-refractivity contribution in [2.75, 3.05) is 13.1 Å². The molecule has 0 bridgehead atoms. The lowest BCUT2D eigenvalue weighted by atomic mass is 9.78. The van der Waals surface area contributed by atoms with Crippen molar-refractivity contribution in [1.29, 1.82) is 0 Å². The average Bonchev–Trinajstić information content (AvgIpc) is 2.82. The number of nitrogens with one attached hydrogen (secondary N) is 1. The van der Waals surface area contributed by atoms with Crippen molar-refractivity contribution >= 4 is 5.91 Å². The van der Waals surface area contributed by atoms with E-state index in [9.17, 15) is 9.59 Å². The SMILES string of the molecule is Cc1cc(=O)cc(C(=O)N2CC(c3ccccc3)C(C)(C)C2)[nH]1. The Hall–Kier alpha value is -2.36. The number of aryl methyl sites for hydroxylation is 1. The molecular formula is C19H22N2O2. The zero-order valence-corrected chi connectivity index (χ0v) is 13.8. The fourth-order valence-corrected chi connectivity index (χ4v) is 3.50. The second-order valence-electron chi connectivity index (χ2n) is 7.05. The standard InChI is InChI=1S/C19H22N2O2/c1-13-9-15(22)10-17(20-13)18(23)21-11-16(19(2,3)12-21)14-7-5-4-6-8-14/h4-10,16H,11-12H2,1-3H3,(H,20,22). The number of hydrogen-bond donors (Lipinski definition) is 1. The number of carbonyl (C=O) groups excluding carboxylic acids is 1. The lowest BCUT2D eigenvalue weighted by molar-refractivity contribution is 0.0772. The van der Waals surface area contributed by atoms with E-state index in [0.717, 1.165) is 0 Å². The molecule has 1 amide bonds. The molecule has 1 aromatic carbocycles. The van der Waals surface area contributed by atoms with Crippen LogP contribution in [0.4, 0.5) is 0 Å². The molecule has 4 heteroatoms. The molecule has 1 fully saturated rings. The molecular weight excluding hydrogens is 288 g/mol. The molecule has 0 radical (unpaired) electrons. The van der Waals surface area contributed by atoms with Gasteiger partial charge in [0.05, 0.1) is 0 Å². The fourth-order valence-electron chi connectivity index (χ4n) is 3.50. The number of amides is 1. The number of H-pyrrole nitrogens is 1. The normalized spacial score (nSPS) is 19.8. The minimum absolute atomic E-state index is 0.00112. The summed E-state index contributed by atoms with van der Waals surface area (Å²) in [6.45, 7) is 7.53. The first-order chi connectivity index (χ1) is 10.9. The van der Waals surface area contributed by atoms with Gasteiger partial charge in [0.15, 0.2) is 5.43 Å². The van der Waals surface area contributed by atoms with Gasteiger partial charge in [0.25, 0.3) is 5.91 Å². The highest BCUT2D eigenvalue weighted by Gasteiger charge is 2.42. The summed E-state index contributed by atoms with van der Waals surface area (Å²) in [4.78, 5) is 29.3. The quantitative estimate of drug-likeness (QED) is 0.927. The fraction of sp³-hybridized carbons (Fsp3) is 0.368. The highest BCUT2D eigenvalue weighted by molar-refractivity contribution is 5.92. The maximum Gasteiger partial charge on any atom is 0.270 e. The van der Waals surface area contributed by atoms with Crippen LogP contribution in [0.15, 0.2) is 47.3 Å². The van der Waals surface area contributed by atoms with Crippen LogP contribution in [0, 0.1) is 12.3 Å². The molecule has 1 aromatic heterocycles. The molecule has 0 saturated carbocycles. The van der Waals surface area contributed by atoms with Crippen molar-refractivity contribution in [2.45, 2.75) is 26.7 Å². The smallest absolute Gasteiger partial charge is 0.270 e. The lowest BCUT2D eigenvalue weighted by Gasteiger charge is -2.25. The summed E-state index contributed by atoms with van der Waals surface area (Å²) in [5.41, 5.74) is 2.20. The Labute approximate surface area is 136 Å². The third-order valence-electron chi connectivity index (χ3n) is 4.64. The van der Waals surface area contributed by atoms with Gasteiger partial charge < -0.3 is 9.88 Å². The van der Waals surface area contributed by atoms with Crippen LogP contribution in [0.5, 0.6) is 0 Å². The van der Waals surface area contributed by atoms with E-state index >= 15 is 0 Å². The van der Waals surface area contributed by atoms with E-state index in [2.05, 4.69) is 31.0 Å². The molecule has 3 rings (SSSR count). The first-order valence-corrected chi connectivity index (χ1v) is 7.92. The third kappa shape index (κ3) is 3.07. The maximum atomic E-state index is 12.8. The number of aromatic amines is 1. The molecule has 0 spiro atoms. The van der Waals surface area contributed by atoms with Gasteiger partial charge in [-0.05, 0) is 17.9 Å². The van der Waals surface area contributed by atoms with E-state index < -0.39 is 0 Å². The highest BCUT2D eigenvalue weighted by Crippen LogP contribution is 2.42. The van der Waals surface area contributed by atoms with Gasteiger partial charge in [0.1, 0.15) is 5.69 Å². The van der Waals surface area contributed by atoms with Crippen molar-refractivity contribution in [2.24, 2.45) is 5.41 Å². The Morgan fingerprint density at radius 3 is 2.57 bits per heavy atom. The molecule has 1 aliphatic heterocycles. The summed E-state index contributed by atoms with van der Waals surface area (Å²) >= 11 is 0. The first kappa shape index (κ1) is 15.5. The molecule has 23 heavy (non-hydrogen) atoms. The van der Waals surface area contributed by atoms with Gasteiger partial charge >= 0.3 is 0 Å². The second kappa shape index (κ2) is 5.69. The van der Waals surface area contributed by atoms with Crippen LogP contribution in [0.3, 0.4) is 0 Å². The molecule has 1 saturated heterocycles. The summed E-state index contributed by atoms with van der Waals surface area (Å²) in [5, 5.41) is 0. The van der Waals surface area contributed by atoms with Gasteiger partial charge in [-0.15, -0.1) is 0 Å². The van der Waals surface area contributed by atoms with Gasteiger partial charge in [-0.2, -0.15) is 0 Å². The monoisotopic (exact) mass is 310 g/mol. The van der Waals surface area contributed by atoms with Crippen LogP contribution < -0.4 is 5.43 Å². The van der Waals surface area contributed by atoms with Crippen molar-refractivity contribution in [1.82, 2.24) is 9.88 Å². The van der Waals surface area contributed by atoms with E-state index in [1.807, 2.05) is 23.1 Å². The molecule has 0 aliphatic carbocycles. The molecule has 2 aromatic rings. The molecule has 1 atom stereocenters. The van der Waals surface area contributed by atoms with E-state index in [0.29, 0.717) is 30.4 Å². The minimum atomic E-state index is -0.136. The van der Waals surface area contributed by atoms with Crippen LogP contribution in [0.1, 0.15) is 41.5 Å². The highest BCUT2D eigenvalue weighted by atomic mass is 16.2. The van der Waals surface area contributed by atoms with Crippen molar-refractivity contribution in [3.63, 3.8) is 0 Å². The Morgan fingerprint density at radius 1 is 1.22 bits per heavy atom. The van der Waals surface area contributed by atoms with Crippen molar-refractivity contribution in [3.05, 3.63) is 69.6 Å². The molecule has 1 unspecified atom stereocenters. The Balaban J connectivity index is 1.88.